The Hall–Kier alpha value is -3.06. The van der Waals surface area contributed by atoms with E-state index in [0.717, 1.165) is 32.4 Å². The first kappa shape index (κ1) is 20.2. The summed E-state index contributed by atoms with van der Waals surface area (Å²) in [5.74, 6) is 1.65. The van der Waals surface area contributed by atoms with Crippen LogP contribution in [0.2, 0.25) is 0 Å². The molecule has 0 saturated carbocycles. The molecule has 2 aliphatic heterocycles. The number of hydrogen-bond donors (Lipinski definition) is 3. The highest BCUT2D eigenvalue weighted by Crippen LogP contribution is 2.32. The van der Waals surface area contributed by atoms with Gasteiger partial charge in [0.05, 0.1) is 13.1 Å². The van der Waals surface area contributed by atoms with Gasteiger partial charge in [0.2, 0.25) is 0 Å². The Morgan fingerprint density at radius 1 is 0.967 bits per heavy atom. The standard InChI is InChI=1S/C23H27N3O4/c27-22(16-26-10-8-18(9-11-26)14-17-4-2-1-3-5-17)25-23(28)24-19-6-7-20-21(15-19)30-13-12-29-20/h1-7,15,18H,8-14,16H2,(H2,24,25,27,28)/p+1. The van der Waals surface area contributed by atoms with Crippen molar-refractivity contribution in [1.29, 1.82) is 0 Å². The molecule has 158 valence electrons. The maximum atomic E-state index is 12.3. The maximum absolute atomic E-state index is 12.3. The molecule has 2 aliphatic rings. The van der Waals surface area contributed by atoms with Crippen molar-refractivity contribution in [3.8, 4) is 11.5 Å². The number of carbonyl (C=O) groups is 2. The van der Waals surface area contributed by atoms with Gasteiger partial charge in [-0.25, -0.2) is 4.79 Å². The number of piperidine rings is 1. The lowest BCUT2D eigenvalue weighted by atomic mass is 9.90. The molecule has 0 aliphatic carbocycles. The van der Waals surface area contributed by atoms with Crippen LogP contribution in [0.4, 0.5) is 10.5 Å². The lowest BCUT2D eigenvalue weighted by molar-refractivity contribution is -0.898. The van der Waals surface area contributed by atoms with E-state index in [4.69, 9.17) is 9.47 Å². The maximum Gasteiger partial charge on any atom is 0.326 e. The lowest BCUT2D eigenvalue weighted by Gasteiger charge is -2.28. The summed E-state index contributed by atoms with van der Waals surface area (Å²) in [6.07, 6.45) is 3.29. The molecule has 1 fully saturated rings. The first-order valence-corrected chi connectivity index (χ1v) is 10.5. The molecule has 2 aromatic rings. The minimum Gasteiger partial charge on any atom is -0.486 e. The van der Waals surface area contributed by atoms with Crippen LogP contribution >= 0.6 is 0 Å². The summed E-state index contributed by atoms with van der Waals surface area (Å²) in [7, 11) is 0. The van der Waals surface area contributed by atoms with Crippen LogP contribution in [0.1, 0.15) is 18.4 Å². The first-order valence-electron chi connectivity index (χ1n) is 10.5. The van der Waals surface area contributed by atoms with Crippen LogP contribution in [-0.2, 0) is 11.2 Å². The van der Waals surface area contributed by atoms with Crippen molar-refractivity contribution in [2.75, 3.05) is 38.2 Å². The average molecular weight is 410 g/mol. The van der Waals surface area contributed by atoms with Gasteiger partial charge in [0.1, 0.15) is 13.2 Å². The molecule has 0 atom stereocenters. The van der Waals surface area contributed by atoms with E-state index >= 15 is 0 Å². The molecule has 3 amide bonds. The van der Waals surface area contributed by atoms with Crippen molar-refractivity contribution in [3.63, 3.8) is 0 Å². The number of likely N-dealkylation sites (tertiary alicyclic amines) is 1. The lowest BCUT2D eigenvalue weighted by Crippen LogP contribution is -3.14. The molecule has 0 unspecified atom stereocenters. The van der Waals surface area contributed by atoms with Gasteiger partial charge < -0.3 is 19.7 Å². The summed E-state index contributed by atoms with van der Waals surface area (Å²) < 4.78 is 11.0. The fourth-order valence-corrected chi connectivity index (χ4v) is 4.10. The first-order chi connectivity index (χ1) is 14.7. The second-order valence-electron chi connectivity index (χ2n) is 7.92. The summed E-state index contributed by atoms with van der Waals surface area (Å²) in [6, 6.07) is 15.2. The molecule has 3 N–H and O–H groups in total. The molecule has 1 saturated heterocycles. The van der Waals surface area contributed by atoms with Crippen molar-refractivity contribution < 1.29 is 24.0 Å². The number of benzene rings is 2. The van der Waals surface area contributed by atoms with E-state index in [2.05, 4.69) is 34.9 Å². The van der Waals surface area contributed by atoms with E-state index in [0.29, 0.717) is 42.9 Å². The van der Waals surface area contributed by atoms with Crippen LogP contribution in [0.5, 0.6) is 11.5 Å². The van der Waals surface area contributed by atoms with Gasteiger partial charge in [0.25, 0.3) is 5.91 Å². The third-order valence-electron chi connectivity index (χ3n) is 5.64. The number of rotatable bonds is 5. The Labute approximate surface area is 176 Å². The van der Waals surface area contributed by atoms with Crippen LogP contribution < -0.4 is 25.0 Å². The molecule has 0 aromatic heterocycles. The van der Waals surface area contributed by atoms with E-state index in [9.17, 15) is 9.59 Å². The van der Waals surface area contributed by atoms with E-state index < -0.39 is 6.03 Å². The van der Waals surface area contributed by atoms with Gasteiger partial charge in [-0.15, -0.1) is 0 Å². The predicted octanol–water partition coefficient (Wildman–Crippen LogP) is 1.64. The van der Waals surface area contributed by atoms with Gasteiger partial charge in [-0.05, 0) is 42.9 Å². The second-order valence-corrected chi connectivity index (χ2v) is 7.92. The molecular formula is C23H28N3O4+. The topological polar surface area (TPSA) is 81.1 Å². The normalized spacial score (nSPS) is 20.3. The quantitative estimate of drug-likeness (QED) is 0.700. The summed E-state index contributed by atoms with van der Waals surface area (Å²) in [6.45, 7) is 3.21. The molecule has 0 radical (unpaired) electrons. The zero-order valence-electron chi connectivity index (χ0n) is 17.0. The van der Waals surface area contributed by atoms with Crippen LogP contribution in [0.25, 0.3) is 0 Å². The zero-order valence-corrected chi connectivity index (χ0v) is 17.0. The van der Waals surface area contributed by atoms with Gasteiger partial charge in [0.15, 0.2) is 18.0 Å². The number of imide groups is 1. The monoisotopic (exact) mass is 410 g/mol. The van der Waals surface area contributed by atoms with E-state index in [-0.39, 0.29) is 5.91 Å². The smallest absolute Gasteiger partial charge is 0.326 e. The Morgan fingerprint density at radius 3 is 2.47 bits per heavy atom. The van der Waals surface area contributed by atoms with Crippen LogP contribution in [0, 0.1) is 5.92 Å². The minimum atomic E-state index is -0.532. The number of fused-ring (bicyclic) bond motifs is 1. The average Bonchev–Trinajstić information content (AvgIpc) is 2.75. The third-order valence-corrected chi connectivity index (χ3v) is 5.64. The van der Waals surface area contributed by atoms with Crippen molar-refractivity contribution in [2.45, 2.75) is 19.3 Å². The molecular weight excluding hydrogens is 382 g/mol. The summed E-state index contributed by atoms with van der Waals surface area (Å²) in [5.41, 5.74) is 1.93. The van der Waals surface area contributed by atoms with Crippen LogP contribution in [-0.4, -0.2) is 44.8 Å². The number of urea groups is 1. The number of anilines is 1. The van der Waals surface area contributed by atoms with E-state index in [1.807, 2.05) is 6.07 Å². The van der Waals surface area contributed by atoms with Gasteiger partial charge in [-0.2, -0.15) is 0 Å². The third kappa shape index (κ3) is 5.51. The van der Waals surface area contributed by atoms with Crippen LogP contribution in [0.15, 0.2) is 48.5 Å². The number of ether oxygens (including phenoxy) is 2. The van der Waals surface area contributed by atoms with E-state index in [1.165, 1.54) is 10.5 Å². The van der Waals surface area contributed by atoms with Crippen molar-refractivity contribution in [1.82, 2.24) is 5.32 Å². The fraction of sp³-hybridized carbons (Fsp3) is 0.391. The molecule has 0 spiro atoms. The summed E-state index contributed by atoms with van der Waals surface area (Å²) in [4.78, 5) is 25.7. The highest BCUT2D eigenvalue weighted by atomic mass is 16.6. The van der Waals surface area contributed by atoms with Gasteiger partial charge in [-0.1, -0.05) is 30.3 Å². The number of amides is 3. The van der Waals surface area contributed by atoms with Gasteiger partial charge in [0, 0.05) is 11.8 Å². The summed E-state index contributed by atoms with van der Waals surface area (Å²) >= 11 is 0. The van der Waals surface area contributed by atoms with E-state index in [1.54, 1.807) is 18.2 Å². The Bertz CT molecular complexity index is 879. The number of carbonyl (C=O) groups excluding carboxylic acids is 2. The molecule has 30 heavy (non-hydrogen) atoms. The Kier molecular flexibility index (Phi) is 6.49. The molecule has 0 bridgehead atoms. The van der Waals surface area contributed by atoms with Gasteiger partial charge >= 0.3 is 6.03 Å². The minimum absolute atomic E-state index is 0.262. The molecule has 7 nitrogen and oxygen atoms in total. The molecule has 4 rings (SSSR count). The Morgan fingerprint density at radius 2 is 1.70 bits per heavy atom. The SMILES string of the molecule is O=C(C[NH+]1CCC(Cc2ccccc2)CC1)NC(=O)Nc1ccc2c(c1)OCCO2. The van der Waals surface area contributed by atoms with Crippen molar-refractivity contribution >= 4 is 17.6 Å². The number of quaternary nitrogens is 1. The predicted molar refractivity (Wildman–Crippen MR) is 113 cm³/mol. The zero-order chi connectivity index (χ0) is 20.8. The summed E-state index contributed by atoms with van der Waals surface area (Å²) in [5, 5.41) is 5.10. The molecule has 2 heterocycles. The van der Waals surface area contributed by atoms with Gasteiger partial charge in [-0.3, -0.25) is 10.1 Å². The molecule has 7 heteroatoms. The highest BCUT2D eigenvalue weighted by molar-refractivity contribution is 6.01. The number of hydrogen-bond acceptors (Lipinski definition) is 4. The van der Waals surface area contributed by atoms with Crippen molar-refractivity contribution in [3.05, 3.63) is 54.1 Å². The fourth-order valence-electron chi connectivity index (χ4n) is 4.10. The highest BCUT2D eigenvalue weighted by Gasteiger charge is 2.24. The molecule has 2 aromatic carbocycles. The Balaban J connectivity index is 1.19. The number of nitrogens with one attached hydrogen (secondary N) is 3. The largest absolute Gasteiger partial charge is 0.486 e. The second kappa shape index (κ2) is 9.63. The van der Waals surface area contributed by atoms with Crippen molar-refractivity contribution in [2.24, 2.45) is 5.92 Å². The van der Waals surface area contributed by atoms with Crippen LogP contribution in [0.3, 0.4) is 0 Å².